The van der Waals surface area contributed by atoms with Gasteiger partial charge in [0.05, 0.1) is 17.1 Å². The van der Waals surface area contributed by atoms with Gasteiger partial charge in [-0.3, -0.25) is 4.79 Å². The van der Waals surface area contributed by atoms with Crippen molar-refractivity contribution in [2.75, 3.05) is 19.6 Å². The largest absolute Gasteiger partial charge is 0.339 e. The van der Waals surface area contributed by atoms with Gasteiger partial charge in [-0.2, -0.15) is 5.10 Å². The summed E-state index contributed by atoms with van der Waals surface area (Å²) >= 11 is 0. The lowest BCUT2D eigenvalue weighted by Gasteiger charge is -2.31. The van der Waals surface area contributed by atoms with E-state index in [2.05, 4.69) is 23.9 Å². The second-order valence-corrected chi connectivity index (χ2v) is 6.70. The van der Waals surface area contributed by atoms with Gasteiger partial charge in [0, 0.05) is 24.8 Å². The number of pyridine rings is 1. The van der Waals surface area contributed by atoms with Crippen molar-refractivity contribution >= 4 is 41.8 Å². The van der Waals surface area contributed by atoms with Gasteiger partial charge in [-0.15, -0.1) is 24.8 Å². The van der Waals surface area contributed by atoms with Crippen LogP contribution < -0.4 is 5.73 Å². The molecule has 0 spiro atoms. The Labute approximate surface area is 161 Å². The average Bonchev–Trinajstić information content (AvgIpc) is 2.97. The molecule has 25 heavy (non-hydrogen) atoms. The zero-order valence-corrected chi connectivity index (χ0v) is 16.6. The molecule has 0 radical (unpaired) electrons. The molecule has 3 heterocycles. The maximum Gasteiger partial charge on any atom is 0.254 e. The van der Waals surface area contributed by atoms with Crippen LogP contribution in [0.3, 0.4) is 0 Å². The molecule has 140 valence electrons. The van der Waals surface area contributed by atoms with E-state index < -0.39 is 0 Å². The molecular weight excluding hydrogens is 361 g/mol. The Morgan fingerprint density at radius 2 is 1.96 bits per heavy atom. The Morgan fingerprint density at radius 1 is 1.32 bits per heavy atom. The predicted molar refractivity (Wildman–Crippen MR) is 105 cm³/mol. The van der Waals surface area contributed by atoms with Crippen LogP contribution >= 0.6 is 24.8 Å². The lowest BCUT2D eigenvalue weighted by atomic mass is 9.96. The molecule has 0 aliphatic carbocycles. The summed E-state index contributed by atoms with van der Waals surface area (Å²) in [6.07, 6.45) is 3.74. The first-order valence-electron chi connectivity index (χ1n) is 8.35. The number of piperidine rings is 1. The van der Waals surface area contributed by atoms with Gasteiger partial charge in [0.1, 0.15) is 0 Å². The Hall–Kier alpha value is -1.37. The summed E-state index contributed by atoms with van der Waals surface area (Å²) in [7, 11) is 0. The van der Waals surface area contributed by atoms with E-state index in [4.69, 9.17) is 5.73 Å². The second kappa shape index (κ2) is 8.83. The lowest BCUT2D eigenvalue weighted by molar-refractivity contribution is 0.0695. The highest BCUT2D eigenvalue weighted by atomic mass is 35.5. The molecule has 2 aromatic heterocycles. The van der Waals surface area contributed by atoms with Crippen molar-refractivity contribution < 1.29 is 4.79 Å². The van der Waals surface area contributed by atoms with Gasteiger partial charge in [-0.1, -0.05) is 0 Å². The molecule has 2 N–H and O–H groups in total. The van der Waals surface area contributed by atoms with Gasteiger partial charge >= 0.3 is 0 Å². The molecule has 1 aliphatic rings. The number of carbonyl (C=O) groups is 1. The molecule has 0 saturated carbocycles. The van der Waals surface area contributed by atoms with Crippen LogP contribution in [0.15, 0.2) is 12.3 Å². The van der Waals surface area contributed by atoms with Gasteiger partial charge in [-0.25, -0.2) is 9.67 Å². The van der Waals surface area contributed by atoms with Crippen LogP contribution in [0.4, 0.5) is 0 Å². The van der Waals surface area contributed by atoms with Gasteiger partial charge < -0.3 is 10.6 Å². The summed E-state index contributed by atoms with van der Waals surface area (Å²) in [4.78, 5) is 19.5. The highest BCUT2D eigenvalue weighted by Crippen LogP contribution is 2.24. The van der Waals surface area contributed by atoms with E-state index in [9.17, 15) is 4.79 Å². The number of hydrogen-bond acceptors (Lipinski definition) is 4. The fraction of sp³-hybridized carbons (Fsp3) is 0.588. The van der Waals surface area contributed by atoms with Crippen molar-refractivity contribution in [3.63, 3.8) is 0 Å². The molecule has 2 aromatic rings. The quantitative estimate of drug-likeness (QED) is 0.877. The number of amides is 1. The van der Waals surface area contributed by atoms with Crippen LogP contribution in [0, 0.1) is 12.8 Å². The van der Waals surface area contributed by atoms with Crippen molar-refractivity contribution in [1.82, 2.24) is 19.7 Å². The minimum absolute atomic E-state index is 0. The molecule has 0 atom stereocenters. The Bertz CT molecular complexity index is 723. The topological polar surface area (TPSA) is 77.0 Å². The van der Waals surface area contributed by atoms with Crippen LogP contribution in [0.1, 0.15) is 48.8 Å². The first-order valence-corrected chi connectivity index (χ1v) is 8.35. The Kier molecular flexibility index (Phi) is 7.65. The van der Waals surface area contributed by atoms with Crippen molar-refractivity contribution in [1.29, 1.82) is 0 Å². The van der Waals surface area contributed by atoms with Crippen molar-refractivity contribution in [2.24, 2.45) is 11.7 Å². The predicted octanol–water partition coefficient (Wildman–Crippen LogP) is 2.98. The van der Waals surface area contributed by atoms with Gasteiger partial charge in [0.25, 0.3) is 5.91 Å². The van der Waals surface area contributed by atoms with E-state index in [0.717, 1.165) is 42.7 Å². The summed E-state index contributed by atoms with van der Waals surface area (Å²) in [5, 5.41) is 5.26. The van der Waals surface area contributed by atoms with Gasteiger partial charge in [-0.05, 0) is 52.1 Å². The van der Waals surface area contributed by atoms with Crippen molar-refractivity contribution in [2.45, 2.75) is 39.7 Å². The summed E-state index contributed by atoms with van der Waals surface area (Å²) < 4.78 is 1.87. The Balaban J connectivity index is 0.00000156. The maximum absolute atomic E-state index is 13.0. The summed E-state index contributed by atoms with van der Waals surface area (Å²) in [5.41, 5.74) is 8.09. The number of fused-ring (bicyclic) bond motifs is 1. The molecule has 1 fully saturated rings. The van der Waals surface area contributed by atoms with Crippen molar-refractivity contribution in [3.8, 4) is 0 Å². The molecule has 1 amide bonds. The molecule has 0 unspecified atom stereocenters. The molecule has 1 saturated heterocycles. The molecule has 1 aliphatic heterocycles. The van der Waals surface area contributed by atoms with Crippen LogP contribution in [-0.2, 0) is 0 Å². The zero-order chi connectivity index (χ0) is 16.6. The van der Waals surface area contributed by atoms with Gasteiger partial charge in [0.2, 0.25) is 0 Å². The number of nitrogens with zero attached hydrogens (tertiary/aromatic N) is 4. The number of carbonyl (C=O) groups excluding carboxylic acids is 1. The van der Waals surface area contributed by atoms with E-state index in [1.54, 1.807) is 6.20 Å². The normalized spacial score (nSPS) is 15.2. The van der Waals surface area contributed by atoms with E-state index in [0.29, 0.717) is 18.0 Å². The lowest BCUT2D eigenvalue weighted by Crippen LogP contribution is -2.40. The molecular formula is C17H27Cl2N5O. The Morgan fingerprint density at radius 3 is 2.52 bits per heavy atom. The number of nitrogens with two attached hydrogens (primary N) is 1. The monoisotopic (exact) mass is 387 g/mol. The molecule has 0 aromatic carbocycles. The van der Waals surface area contributed by atoms with Crippen LogP contribution in [0.2, 0.25) is 0 Å². The number of likely N-dealkylation sites (tertiary alicyclic amines) is 1. The number of halogens is 2. The van der Waals surface area contributed by atoms with Crippen LogP contribution in [0.5, 0.6) is 0 Å². The van der Waals surface area contributed by atoms with Crippen LogP contribution in [-0.4, -0.2) is 45.2 Å². The highest BCUT2D eigenvalue weighted by Gasteiger charge is 2.25. The smallest absolute Gasteiger partial charge is 0.254 e. The number of aryl methyl sites for hydroxylation is 1. The first kappa shape index (κ1) is 21.7. The third-order valence-corrected chi connectivity index (χ3v) is 4.65. The fourth-order valence-electron chi connectivity index (χ4n) is 3.24. The number of rotatable bonds is 3. The van der Waals surface area contributed by atoms with Gasteiger partial charge in [0.15, 0.2) is 5.65 Å². The van der Waals surface area contributed by atoms with Crippen molar-refractivity contribution in [3.05, 3.63) is 23.5 Å². The third kappa shape index (κ3) is 4.25. The number of hydrogen-bond donors (Lipinski definition) is 1. The number of aromatic nitrogens is 3. The summed E-state index contributed by atoms with van der Waals surface area (Å²) in [6, 6.07) is 2.09. The molecule has 3 rings (SSSR count). The first-order chi connectivity index (χ1) is 11.0. The van der Waals surface area contributed by atoms with E-state index >= 15 is 0 Å². The SMILES string of the molecule is Cc1cc(C(=O)N2CCC(CN)CC2)c2cnn(C(C)C)c2n1.Cl.Cl. The van der Waals surface area contributed by atoms with E-state index in [-0.39, 0.29) is 36.8 Å². The summed E-state index contributed by atoms with van der Waals surface area (Å²) in [5.74, 6) is 0.626. The van der Waals surface area contributed by atoms with E-state index in [1.165, 1.54) is 0 Å². The minimum atomic E-state index is 0. The molecule has 0 bridgehead atoms. The second-order valence-electron chi connectivity index (χ2n) is 6.70. The summed E-state index contributed by atoms with van der Waals surface area (Å²) in [6.45, 7) is 8.32. The highest BCUT2D eigenvalue weighted by molar-refractivity contribution is 6.05. The zero-order valence-electron chi connectivity index (χ0n) is 14.9. The standard InChI is InChI=1S/C17H25N5O.2ClH/c1-11(2)22-16-15(10-19-22)14(8-12(3)20-16)17(23)21-6-4-13(9-18)5-7-21;;/h8,10-11,13H,4-7,9,18H2,1-3H3;2*1H. The molecule has 6 nitrogen and oxygen atoms in total. The fourth-order valence-corrected chi connectivity index (χ4v) is 3.24. The maximum atomic E-state index is 13.0. The van der Waals surface area contributed by atoms with Crippen LogP contribution in [0.25, 0.3) is 11.0 Å². The molecule has 8 heteroatoms. The van der Waals surface area contributed by atoms with E-state index in [1.807, 2.05) is 22.6 Å². The third-order valence-electron chi connectivity index (χ3n) is 4.65. The minimum Gasteiger partial charge on any atom is -0.339 e. The average molecular weight is 388 g/mol.